The highest BCUT2D eigenvalue weighted by molar-refractivity contribution is 9.36. The van der Waals surface area contributed by atoms with Gasteiger partial charge >= 0.3 is 0 Å². The Hall–Kier alpha value is 0.130. The molecule has 0 spiro atoms. The van der Waals surface area contributed by atoms with E-state index in [0.717, 1.165) is 7.28 Å². The first-order valence-corrected chi connectivity index (χ1v) is 7.77. The molecule has 0 fully saturated rings. The predicted molar refractivity (Wildman–Crippen MR) is 61.5 cm³/mol. The molecule has 0 heterocycles. The van der Waals surface area contributed by atoms with Crippen molar-refractivity contribution in [1.29, 1.82) is 0 Å². The van der Waals surface area contributed by atoms with Gasteiger partial charge in [-0.25, -0.2) is 0 Å². The molecule has 0 N–H and O–H groups in total. The molecule has 0 aliphatic rings. The first-order valence-electron chi connectivity index (χ1n) is 4.31. The van der Waals surface area contributed by atoms with E-state index in [1.165, 1.54) is 31.0 Å². The largest absolute Gasteiger partial charge is 0.0642 e. The fourth-order valence-electron chi connectivity index (χ4n) is 1.17. The lowest BCUT2D eigenvalue weighted by Crippen LogP contribution is -1.84. The van der Waals surface area contributed by atoms with Gasteiger partial charge in [-0.2, -0.15) is 0 Å². The molecule has 66 valence electrons. The van der Waals surface area contributed by atoms with Gasteiger partial charge in [0.1, 0.15) is 0 Å². The highest BCUT2D eigenvalue weighted by Gasteiger charge is 1.90. The minimum absolute atomic E-state index is 0.938. The van der Waals surface area contributed by atoms with Gasteiger partial charge in [0.2, 0.25) is 0 Å². The van der Waals surface area contributed by atoms with Crippen molar-refractivity contribution >= 4 is 22.8 Å². The molecule has 1 rings (SSSR count). The number of aryl methyl sites for hydroxylation is 1. The van der Waals surface area contributed by atoms with Crippen molar-refractivity contribution < 1.29 is 0 Å². The number of rotatable bonds is 5. The minimum atomic E-state index is 0.938. The van der Waals surface area contributed by atoms with E-state index in [1.807, 2.05) is 0 Å². The SMILES string of the molecule is BrPCCCCc1ccccc1. The highest BCUT2D eigenvalue weighted by Crippen LogP contribution is 2.21. The van der Waals surface area contributed by atoms with Crippen molar-refractivity contribution in [2.75, 3.05) is 6.16 Å². The summed E-state index contributed by atoms with van der Waals surface area (Å²) in [6.07, 6.45) is 5.23. The topological polar surface area (TPSA) is 0 Å². The van der Waals surface area contributed by atoms with E-state index < -0.39 is 0 Å². The Morgan fingerprint density at radius 2 is 1.83 bits per heavy atom. The molecule has 12 heavy (non-hydrogen) atoms. The second-order valence-electron chi connectivity index (χ2n) is 2.83. The van der Waals surface area contributed by atoms with Crippen LogP contribution in [0.1, 0.15) is 18.4 Å². The van der Waals surface area contributed by atoms with Crippen LogP contribution in [0.2, 0.25) is 0 Å². The van der Waals surface area contributed by atoms with Crippen molar-refractivity contribution in [1.82, 2.24) is 0 Å². The van der Waals surface area contributed by atoms with E-state index in [2.05, 4.69) is 45.8 Å². The summed E-state index contributed by atoms with van der Waals surface area (Å²) >= 11 is 3.46. The second-order valence-corrected chi connectivity index (χ2v) is 5.28. The van der Waals surface area contributed by atoms with Crippen LogP contribution in [0.25, 0.3) is 0 Å². The molecule has 0 saturated heterocycles. The standard InChI is InChI=1S/C10H14BrP/c11-12-9-5-4-8-10-6-2-1-3-7-10/h1-3,6-7,12H,4-5,8-9H2. The summed E-state index contributed by atoms with van der Waals surface area (Å²) in [5, 5.41) is 0. The molecule has 0 bridgehead atoms. The van der Waals surface area contributed by atoms with E-state index in [9.17, 15) is 0 Å². The summed E-state index contributed by atoms with van der Waals surface area (Å²) in [5.74, 6) is 0. The molecule has 0 aromatic heterocycles. The van der Waals surface area contributed by atoms with E-state index in [-0.39, 0.29) is 0 Å². The van der Waals surface area contributed by atoms with E-state index in [4.69, 9.17) is 0 Å². The minimum Gasteiger partial charge on any atom is -0.0642 e. The van der Waals surface area contributed by atoms with E-state index >= 15 is 0 Å². The van der Waals surface area contributed by atoms with Crippen LogP contribution in [0.5, 0.6) is 0 Å². The second kappa shape index (κ2) is 6.62. The lowest BCUT2D eigenvalue weighted by Gasteiger charge is -1.99. The molecular weight excluding hydrogens is 231 g/mol. The van der Waals surface area contributed by atoms with Crippen LogP contribution in [0, 0.1) is 0 Å². The average Bonchev–Trinajstić information content (AvgIpc) is 2.14. The summed E-state index contributed by atoms with van der Waals surface area (Å²) in [6.45, 7) is 0. The van der Waals surface area contributed by atoms with Crippen molar-refractivity contribution in [3.8, 4) is 0 Å². The van der Waals surface area contributed by atoms with Gasteiger partial charge in [-0.1, -0.05) is 53.1 Å². The van der Waals surface area contributed by atoms with Gasteiger partial charge in [0.05, 0.1) is 0 Å². The van der Waals surface area contributed by atoms with Crippen LogP contribution in [0.15, 0.2) is 30.3 Å². The first kappa shape index (κ1) is 10.2. The van der Waals surface area contributed by atoms with Crippen LogP contribution >= 0.6 is 22.8 Å². The molecule has 2 heteroatoms. The Labute approximate surface area is 84.3 Å². The molecule has 1 aromatic carbocycles. The van der Waals surface area contributed by atoms with Crippen LogP contribution in [-0.2, 0) is 6.42 Å². The third-order valence-corrected chi connectivity index (χ3v) is 3.56. The maximum atomic E-state index is 3.46. The zero-order valence-corrected chi connectivity index (χ0v) is 9.68. The maximum Gasteiger partial charge on any atom is -0.0255 e. The number of hydrogen-bond acceptors (Lipinski definition) is 0. The molecule has 0 aliphatic carbocycles. The molecule has 0 aliphatic heterocycles. The van der Waals surface area contributed by atoms with E-state index in [1.54, 1.807) is 0 Å². The van der Waals surface area contributed by atoms with Crippen molar-refractivity contribution in [3.63, 3.8) is 0 Å². The van der Waals surface area contributed by atoms with Gasteiger partial charge in [-0.15, -0.1) is 0 Å². The normalized spacial score (nSPS) is 11.1. The molecule has 1 atom stereocenters. The molecule has 1 aromatic rings. The lowest BCUT2D eigenvalue weighted by molar-refractivity contribution is 0.802. The third kappa shape index (κ3) is 4.23. The molecule has 1 unspecified atom stereocenters. The molecule has 0 amide bonds. The van der Waals surface area contributed by atoms with Gasteiger partial charge < -0.3 is 0 Å². The quantitative estimate of drug-likeness (QED) is 0.543. The summed E-state index contributed by atoms with van der Waals surface area (Å²) in [7, 11) is 0.938. The van der Waals surface area contributed by atoms with Gasteiger partial charge in [0.15, 0.2) is 0 Å². The average molecular weight is 245 g/mol. The third-order valence-electron chi connectivity index (χ3n) is 1.83. The van der Waals surface area contributed by atoms with Gasteiger partial charge in [-0.05, 0) is 31.0 Å². The zero-order chi connectivity index (χ0) is 8.65. The van der Waals surface area contributed by atoms with Crippen molar-refractivity contribution in [2.45, 2.75) is 19.3 Å². The summed E-state index contributed by atoms with van der Waals surface area (Å²) in [5.41, 5.74) is 1.47. The Morgan fingerprint density at radius 3 is 2.50 bits per heavy atom. The Bertz CT molecular complexity index is 198. The number of hydrogen-bond donors (Lipinski definition) is 0. The smallest absolute Gasteiger partial charge is 0.0255 e. The van der Waals surface area contributed by atoms with Crippen molar-refractivity contribution in [3.05, 3.63) is 35.9 Å². The fourth-order valence-corrected chi connectivity index (χ4v) is 2.39. The summed E-state index contributed by atoms with van der Waals surface area (Å²) in [4.78, 5) is 0. The Morgan fingerprint density at radius 1 is 1.08 bits per heavy atom. The predicted octanol–water partition coefficient (Wildman–Crippen LogP) is 4.00. The van der Waals surface area contributed by atoms with Crippen LogP contribution in [0.3, 0.4) is 0 Å². The summed E-state index contributed by atoms with van der Waals surface area (Å²) < 4.78 is 0. The molecule has 0 nitrogen and oxygen atoms in total. The monoisotopic (exact) mass is 244 g/mol. The number of unbranched alkanes of at least 4 members (excludes halogenated alkanes) is 1. The van der Waals surface area contributed by atoms with Gasteiger partial charge in [0.25, 0.3) is 0 Å². The first-order chi connectivity index (χ1) is 5.93. The van der Waals surface area contributed by atoms with Crippen molar-refractivity contribution in [2.24, 2.45) is 0 Å². The lowest BCUT2D eigenvalue weighted by atomic mass is 10.1. The molecule has 0 saturated carbocycles. The zero-order valence-electron chi connectivity index (χ0n) is 7.09. The van der Waals surface area contributed by atoms with Crippen LogP contribution in [-0.4, -0.2) is 6.16 Å². The molecular formula is C10H14BrP. The maximum absolute atomic E-state index is 3.46. The van der Waals surface area contributed by atoms with Gasteiger partial charge in [-0.3, -0.25) is 0 Å². The Balaban J connectivity index is 2.16. The summed E-state index contributed by atoms with van der Waals surface area (Å²) in [6, 6.07) is 10.7. The Kier molecular flexibility index (Phi) is 5.64. The van der Waals surface area contributed by atoms with Gasteiger partial charge in [0, 0.05) is 0 Å². The number of benzene rings is 1. The fraction of sp³-hybridized carbons (Fsp3) is 0.400. The van der Waals surface area contributed by atoms with Crippen LogP contribution < -0.4 is 0 Å². The highest BCUT2D eigenvalue weighted by atomic mass is 79.9. The van der Waals surface area contributed by atoms with E-state index in [0.29, 0.717) is 0 Å². The number of halogens is 1. The molecule has 0 radical (unpaired) electrons. The van der Waals surface area contributed by atoms with Crippen LogP contribution in [0.4, 0.5) is 0 Å².